The number of nitrogens with two attached hydrogens (primary N) is 1. The second-order valence-corrected chi connectivity index (χ2v) is 6.86. The van der Waals surface area contributed by atoms with Crippen molar-refractivity contribution in [1.82, 2.24) is 4.31 Å². The highest BCUT2D eigenvalue weighted by Gasteiger charge is 2.23. The third kappa shape index (κ3) is 4.35. The van der Waals surface area contributed by atoms with Crippen molar-refractivity contribution in [2.45, 2.75) is 24.8 Å². The monoisotopic (exact) mass is 306 g/mol. The fourth-order valence-corrected chi connectivity index (χ4v) is 3.08. The molecule has 0 aliphatic heterocycles. The zero-order chi connectivity index (χ0) is 14.6. The number of hydrogen-bond donors (Lipinski definition) is 1. The van der Waals surface area contributed by atoms with Crippen molar-refractivity contribution in [3.05, 3.63) is 23.2 Å². The molecule has 108 valence electrons. The Kier molecular flexibility index (Phi) is 5.61. The van der Waals surface area contributed by atoms with Gasteiger partial charge in [0.05, 0.1) is 17.7 Å². The van der Waals surface area contributed by atoms with Crippen LogP contribution in [0.3, 0.4) is 0 Å². The van der Waals surface area contributed by atoms with Crippen molar-refractivity contribution in [3.8, 4) is 0 Å². The molecule has 2 N–H and O–H groups in total. The minimum atomic E-state index is -3.65. The second kappa shape index (κ2) is 6.56. The fraction of sp³-hybridized carbons (Fsp3) is 0.500. The average Bonchev–Trinajstić information content (AvgIpc) is 2.31. The van der Waals surface area contributed by atoms with Crippen LogP contribution in [0.15, 0.2) is 23.1 Å². The molecule has 7 heteroatoms. The Morgan fingerprint density at radius 1 is 1.42 bits per heavy atom. The summed E-state index contributed by atoms with van der Waals surface area (Å²) in [6, 6.07) is 4.39. The van der Waals surface area contributed by atoms with E-state index in [1.54, 1.807) is 6.07 Å². The lowest BCUT2D eigenvalue weighted by molar-refractivity contribution is 0.0737. The zero-order valence-corrected chi connectivity index (χ0v) is 12.8. The minimum absolute atomic E-state index is 0.0150. The number of halogens is 1. The largest absolute Gasteiger partial charge is 0.399 e. The molecule has 0 radical (unpaired) electrons. The quantitative estimate of drug-likeness (QED) is 0.816. The van der Waals surface area contributed by atoms with Gasteiger partial charge < -0.3 is 10.5 Å². The van der Waals surface area contributed by atoms with Gasteiger partial charge in [0.2, 0.25) is 10.0 Å². The van der Waals surface area contributed by atoms with E-state index in [1.807, 2.05) is 13.8 Å². The van der Waals surface area contributed by atoms with Crippen molar-refractivity contribution >= 4 is 27.3 Å². The van der Waals surface area contributed by atoms with E-state index in [0.29, 0.717) is 12.3 Å². The maximum Gasteiger partial charge on any atom is 0.244 e. The summed E-state index contributed by atoms with van der Waals surface area (Å²) >= 11 is 5.92. The molecule has 0 unspecified atom stereocenters. The molecule has 0 bridgehead atoms. The lowest BCUT2D eigenvalue weighted by Gasteiger charge is -2.19. The Morgan fingerprint density at radius 2 is 2.05 bits per heavy atom. The Hall–Kier alpha value is -0.820. The number of hydrogen-bond acceptors (Lipinski definition) is 4. The topological polar surface area (TPSA) is 72.6 Å². The highest BCUT2D eigenvalue weighted by molar-refractivity contribution is 7.89. The summed E-state index contributed by atoms with van der Waals surface area (Å²) in [6.07, 6.45) is 0.0621. The third-order valence-electron chi connectivity index (χ3n) is 2.50. The van der Waals surface area contributed by atoms with Crippen molar-refractivity contribution < 1.29 is 13.2 Å². The molecule has 1 aromatic rings. The predicted octanol–water partition coefficient (Wildman–Crippen LogP) is 1.97. The van der Waals surface area contributed by atoms with E-state index in [0.717, 1.165) is 0 Å². The first-order valence-corrected chi connectivity index (χ1v) is 7.70. The van der Waals surface area contributed by atoms with Crippen LogP contribution in [0.4, 0.5) is 5.69 Å². The summed E-state index contributed by atoms with van der Waals surface area (Å²) in [4.78, 5) is 0.0150. The Bertz CT molecular complexity index is 532. The molecule has 0 saturated heterocycles. The normalized spacial score (nSPS) is 12.3. The Labute approximate surface area is 119 Å². The maximum absolute atomic E-state index is 12.3. The molecule has 0 amide bonds. The van der Waals surface area contributed by atoms with Crippen molar-refractivity contribution in [3.63, 3.8) is 0 Å². The van der Waals surface area contributed by atoms with Gasteiger partial charge in [0.25, 0.3) is 0 Å². The summed E-state index contributed by atoms with van der Waals surface area (Å²) in [6.45, 7) is 4.37. The van der Waals surface area contributed by atoms with E-state index in [-0.39, 0.29) is 22.6 Å². The van der Waals surface area contributed by atoms with Crippen molar-refractivity contribution in [2.75, 3.05) is 25.9 Å². The van der Waals surface area contributed by atoms with E-state index in [9.17, 15) is 8.42 Å². The summed E-state index contributed by atoms with van der Waals surface area (Å²) in [5.41, 5.74) is 5.95. The lowest BCUT2D eigenvalue weighted by atomic mass is 10.3. The van der Waals surface area contributed by atoms with Crippen LogP contribution in [-0.2, 0) is 14.8 Å². The van der Waals surface area contributed by atoms with Crippen molar-refractivity contribution in [1.29, 1.82) is 0 Å². The van der Waals surface area contributed by atoms with Crippen LogP contribution in [0.5, 0.6) is 0 Å². The van der Waals surface area contributed by atoms with Gasteiger partial charge in [-0.3, -0.25) is 0 Å². The Balaban J connectivity index is 2.88. The van der Waals surface area contributed by atoms with Gasteiger partial charge in [0.15, 0.2) is 0 Å². The number of anilines is 1. The molecule has 19 heavy (non-hydrogen) atoms. The van der Waals surface area contributed by atoms with Gasteiger partial charge in [-0.05, 0) is 32.0 Å². The summed E-state index contributed by atoms with van der Waals surface area (Å²) in [5.74, 6) is 0. The number of sulfonamides is 1. The minimum Gasteiger partial charge on any atom is -0.399 e. The predicted molar refractivity (Wildman–Crippen MR) is 76.8 cm³/mol. The number of benzene rings is 1. The first kappa shape index (κ1) is 16.2. The van der Waals surface area contributed by atoms with Crippen LogP contribution >= 0.6 is 11.6 Å². The van der Waals surface area contributed by atoms with Gasteiger partial charge >= 0.3 is 0 Å². The summed E-state index contributed by atoms with van der Waals surface area (Å²) in [7, 11) is -2.16. The molecule has 0 aromatic heterocycles. The van der Waals surface area contributed by atoms with Gasteiger partial charge in [-0.25, -0.2) is 8.42 Å². The van der Waals surface area contributed by atoms with Gasteiger partial charge in [0, 0.05) is 19.3 Å². The molecule has 5 nitrogen and oxygen atoms in total. The maximum atomic E-state index is 12.3. The highest BCUT2D eigenvalue weighted by atomic mass is 35.5. The molecule has 1 rings (SSSR count). The van der Waals surface area contributed by atoms with E-state index in [1.165, 1.54) is 23.5 Å². The van der Waals surface area contributed by atoms with Gasteiger partial charge in [-0.2, -0.15) is 4.31 Å². The molecule has 0 aliphatic rings. The molecule has 0 aliphatic carbocycles. The number of nitrogens with zero attached hydrogens (tertiary/aromatic N) is 1. The first-order valence-electron chi connectivity index (χ1n) is 5.88. The molecular formula is C12H19ClN2O3S. The SMILES string of the molecule is CC(C)OCCN(C)S(=O)(=O)c1cc(N)ccc1Cl. The van der Waals surface area contributed by atoms with Crippen LogP contribution in [0.2, 0.25) is 5.02 Å². The molecule has 0 saturated carbocycles. The molecular weight excluding hydrogens is 288 g/mol. The smallest absolute Gasteiger partial charge is 0.244 e. The third-order valence-corrected chi connectivity index (χ3v) is 4.84. The number of nitrogen functional groups attached to an aromatic ring is 1. The van der Waals surface area contributed by atoms with Crippen LogP contribution in [0.1, 0.15) is 13.8 Å². The highest BCUT2D eigenvalue weighted by Crippen LogP contribution is 2.25. The number of ether oxygens (including phenoxy) is 1. The van der Waals surface area contributed by atoms with E-state index in [2.05, 4.69) is 0 Å². The molecule has 1 aromatic carbocycles. The van der Waals surface area contributed by atoms with Crippen LogP contribution < -0.4 is 5.73 Å². The van der Waals surface area contributed by atoms with E-state index < -0.39 is 10.0 Å². The van der Waals surface area contributed by atoms with E-state index >= 15 is 0 Å². The molecule has 0 heterocycles. The van der Waals surface area contributed by atoms with Gasteiger partial charge in [-0.15, -0.1) is 0 Å². The average molecular weight is 307 g/mol. The van der Waals surface area contributed by atoms with Gasteiger partial charge in [-0.1, -0.05) is 11.6 Å². The van der Waals surface area contributed by atoms with Crippen LogP contribution in [0.25, 0.3) is 0 Å². The standard InChI is InChI=1S/C12H19ClN2O3S/c1-9(2)18-7-6-15(3)19(16,17)12-8-10(14)4-5-11(12)13/h4-5,8-9H,6-7,14H2,1-3H3. The zero-order valence-electron chi connectivity index (χ0n) is 11.3. The van der Waals surface area contributed by atoms with Crippen LogP contribution in [-0.4, -0.2) is 39.0 Å². The Morgan fingerprint density at radius 3 is 2.63 bits per heavy atom. The molecule has 0 atom stereocenters. The van der Waals surface area contributed by atoms with Gasteiger partial charge in [0.1, 0.15) is 4.90 Å². The molecule has 0 fully saturated rings. The first-order chi connectivity index (χ1) is 8.75. The molecule has 0 spiro atoms. The fourth-order valence-electron chi connectivity index (χ4n) is 1.42. The van der Waals surface area contributed by atoms with Crippen LogP contribution in [0, 0.1) is 0 Å². The van der Waals surface area contributed by atoms with E-state index in [4.69, 9.17) is 22.1 Å². The second-order valence-electron chi connectivity index (χ2n) is 4.44. The number of rotatable bonds is 6. The number of likely N-dealkylation sites (N-methyl/N-ethyl adjacent to an activating group) is 1. The lowest BCUT2D eigenvalue weighted by Crippen LogP contribution is -2.31. The summed E-state index contributed by atoms with van der Waals surface area (Å²) in [5, 5.41) is 0.158. The summed E-state index contributed by atoms with van der Waals surface area (Å²) < 4.78 is 31.2. The van der Waals surface area contributed by atoms with Crippen molar-refractivity contribution in [2.24, 2.45) is 0 Å².